The third-order valence-corrected chi connectivity index (χ3v) is 6.41. The monoisotopic (exact) mass is 464 g/mol. The minimum absolute atomic E-state index is 0.107. The second-order valence-corrected chi connectivity index (χ2v) is 9.13. The van der Waals surface area contributed by atoms with Gasteiger partial charge in [-0.2, -0.15) is 0 Å². The van der Waals surface area contributed by atoms with Gasteiger partial charge < -0.3 is 10.1 Å². The van der Waals surface area contributed by atoms with E-state index in [0.717, 1.165) is 11.1 Å². The fourth-order valence-corrected chi connectivity index (χ4v) is 4.30. The van der Waals surface area contributed by atoms with Crippen molar-refractivity contribution in [2.45, 2.75) is 18.7 Å². The largest absolute Gasteiger partial charge is 0.481 e. The van der Waals surface area contributed by atoms with Crippen LogP contribution in [0.1, 0.15) is 22.8 Å². The van der Waals surface area contributed by atoms with Gasteiger partial charge in [0.15, 0.2) is 9.84 Å². The molecule has 170 valence electrons. The molecule has 1 amide bonds. The lowest BCUT2D eigenvalue weighted by atomic mass is 9.98. The Balaban J connectivity index is 1.84. The molecule has 0 aromatic heterocycles. The zero-order valence-electron chi connectivity index (χ0n) is 18.3. The van der Waals surface area contributed by atoms with E-state index in [2.05, 4.69) is 17.2 Å². The second kappa shape index (κ2) is 10.7. The van der Waals surface area contributed by atoms with Crippen LogP contribution in [0.25, 0.3) is 11.1 Å². The number of amides is 1. The molecule has 8 heteroatoms. The number of hydrogen-bond donors (Lipinski definition) is 3. The van der Waals surface area contributed by atoms with E-state index in [-0.39, 0.29) is 17.1 Å². The minimum atomic E-state index is -3.72. The number of hydroxylamine groups is 1. The molecule has 0 fully saturated rings. The Bertz CT molecular complexity index is 1290. The molecule has 0 saturated carbocycles. The van der Waals surface area contributed by atoms with Gasteiger partial charge in [-0.1, -0.05) is 36.3 Å². The number of carbonyl (C=O) groups excluding carboxylic acids is 1. The summed E-state index contributed by atoms with van der Waals surface area (Å²) in [5.41, 5.74) is 4.40. The number of benzene rings is 3. The first-order valence-electron chi connectivity index (χ1n) is 10.1. The van der Waals surface area contributed by atoms with Crippen LogP contribution >= 0.6 is 0 Å². The zero-order valence-corrected chi connectivity index (χ0v) is 19.1. The topological polar surface area (TPSA) is 105 Å². The van der Waals surface area contributed by atoms with Crippen LogP contribution < -0.4 is 15.5 Å². The Morgan fingerprint density at radius 2 is 1.73 bits per heavy atom. The smallest absolute Gasteiger partial charge is 0.276 e. The molecule has 0 aliphatic heterocycles. The predicted octanol–water partition coefficient (Wildman–Crippen LogP) is 4.03. The van der Waals surface area contributed by atoms with E-state index < -0.39 is 21.6 Å². The number of anilines is 1. The van der Waals surface area contributed by atoms with Crippen molar-refractivity contribution < 1.29 is 23.2 Å². The molecule has 3 N–H and O–H groups in total. The number of hydrogen-bond acceptors (Lipinski definition) is 6. The fraction of sp³-hybridized carbons (Fsp3) is 0.160. The first-order valence-corrected chi connectivity index (χ1v) is 11.7. The lowest BCUT2D eigenvalue weighted by Crippen LogP contribution is -2.23. The molecule has 0 radical (unpaired) electrons. The van der Waals surface area contributed by atoms with Crippen LogP contribution in [0.4, 0.5) is 5.69 Å². The summed E-state index contributed by atoms with van der Waals surface area (Å²) in [6, 6.07) is 18.9. The molecule has 0 atom stereocenters. The van der Waals surface area contributed by atoms with Crippen molar-refractivity contribution in [2.24, 2.45) is 0 Å². The average molecular weight is 465 g/mol. The Kier molecular flexibility index (Phi) is 7.72. The Morgan fingerprint density at radius 3 is 2.36 bits per heavy atom. The van der Waals surface area contributed by atoms with Crippen molar-refractivity contribution in [3.63, 3.8) is 0 Å². The van der Waals surface area contributed by atoms with Gasteiger partial charge in [-0.25, -0.2) is 13.9 Å². The molecular weight excluding hydrogens is 440 g/mol. The highest BCUT2D eigenvalue weighted by Crippen LogP contribution is 2.29. The standard InChI is InChI=1S/C25H24N2O5S/c1-3-4-14-32-21-10-12-22(13-11-21)33(30,31)17-26-24-18(2)15-20(16-23(24)25(28)27-29)19-8-6-5-7-9-19/h5-13,15-16,26,29H,14,17H2,1-2H3,(H,27,28). The maximum atomic E-state index is 12.9. The molecule has 0 bridgehead atoms. The van der Waals surface area contributed by atoms with E-state index in [1.165, 1.54) is 12.1 Å². The van der Waals surface area contributed by atoms with Gasteiger partial charge >= 0.3 is 0 Å². The highest BCUT2D eigenvalue weighted by molar-refractivity contribution is 7.91. The molecule has 33 heavy (non-hydrogen) atoms. The first-order chi connectivity index (χ1) is 15.9. The Morgan fingerprint density at radius 1 is 1.03 bits per heavy atom. The quantitative estimate of drug-likeness (QED) is 0.264. The van der Waals surface area contributed by atoms with Crippen LogP contribution in [0.2, 0.25) is 0 Å². The summed E-state index contributed by atoms with van der Waals surface area (Å²) in [6.07, 6.45) is 0. The van der Waals surface area contributed by atoms with Gasteiger partial charge in [-0.3, -0.25) is 10.0 Å². The van der Waals surface area contributed by atoms with Gasteiger partial charge in [-0.05, 0) is 66.9 Å². The molecule has 0 spiro atoms. The van der Waals surface area contributed by atoms with Crippen LogP contribution in [0.15, 0.2) is 71.6 Å². The van der Waals surface area contributed by atoms with Crippen molar-refractivity contribution >= 4 is 21.4 Å². The number of sulfone groups is 1. The van der Waals surface area contributed by atoms with E-state index in [1.54, 1.807) is 37.5 Å². The van der Waals surface area contributed by atoms with Crippen molar-refractivity contribution in [1.82, 2.24) is 5.48 Å². The van der Waals surface area contributed by atoms with Crippen molar-refractivity contribution in [1.29, 1.82) is 0 Å². The maximum Gasteiger partial charge on any atom is 0.276 e. The third-order valence-electron chi connectivity index (χ3n) is 4.90. The maximum absolute atomic E-state index is 12.9. The third kappa shape index (κ3) is 5.92. The summed E-state index contributed by atoms with van der Waals surface area (Å²) in [6.45, 7) is 3.69. The summed E-state index contributed by atoms with van der Waals surface area (Å²) in [5.74, 6) is 4.82. The number of ether oxygens (including phenoxy) is 1. The van der Waals surface area contributed by atoms with E-state index in [0.29, 0.717) is 17.0 Å². The van der Waals surface area contributed by atoms with Crippen molar-refractivity contribution in [2.75, 3.05) is 17.8 Å². The summed E-state index contributed by atoms with van der Waals surface area (Å²) < 4.78 is 31.1. The second-order valence-electron chi connectivity index (χ2n) is 7.15. The summed E-state index contributed by atoms with van der Waals surface area (Å²) in [4.78, 5) is 12.4. The van der Waals surface area contributed by atoms with E-state index in [1.807, 2.05) is 36.4 Å². The highest BCUT2D eigenvalue weighted by atomic mass is 32.2. The van der Waals surface area contributed by atoms with Crippen molar-refractivity contribution in [3.05, 3.63) is 77.9 Å². The molecule has 0 saturated heterocycles. The average Bonchev–Trinajstić information content (AvgIpc) is 2.83. The Labute approximate surface area is 193 Å². The van der Waals surface area contributed by atoms with E-state index >= 15 is 0 Å². The number of nitrogens with one attached hydrogen (secondary N) is 2. The van der Waals surface area contributed by atoms with Crippen molar-refractivity contribution in [3.8, 4) is 28.7 Å². The highest BCUT2D eigenvalue weighted by Gasteiger charge is 2.19. The zero-order chi connectivity index (χ0) is 23.8. The molecule has 0 aliphatic carbocycles. The molecule has 0 aliphatic rings. The number of rotatable bonds is 8. The summed E-state index contributed by atoms with van der Waals surface area (Å²) in [5, 5.41) is 12.1. The van der Waals surface area contributed by atoms with Gasteiger partial charge in [-0.15, -0.1) is 5.92 Å². The lowest BCUT2D eigenvalue weighted by molar-refractivity contribution is 0.0707. The van der Waals surface area contributed by atoms with Gasteiger partial charge in [0.2, 0.25) is 0 Å². The van der Waals surface area contributed by atoms with Gasteiger partial charge in [0.1, 0.15) is 18.2 Å². The van der Waals surface area contributed by atoms with Crippen LogP contribution in [0.3, 0.4) is 0 Å². The van der Waals surface area contributed by atoms with Gasteiger partial charge in [0.05, 0.1) is 16.1 Å². The van der Waals surface area contributed by atoms with E-state index in [9.17, 15) is 18.4 Å². The molecule has 0 unspecified atom stereocenters. The molecule has 3 aromatic rings. The molecule has 0 heterocycles. The normalized spacial score (nSPS) is 10.6. The lowest BCUT2D eigenvalue weighted by Gasteiger charge is -2.16. The SMILES string of the molecule is CC#CCOc1ccc(S(=O)(=O)CNc2c(C)cc(-c3ccccc3)cc2C(=O)NO)cc1. The van der Waals surface area contributed by atoms with Gasteiger partial charge in [0, 0.05) is 0 Å². The van der Waals surface area contributed by atoms with Gasteiger partial charge in [0.25, 0.3) is 5.91 Å². The number of aryl methyl sites for hydroxylation is 1. The molecule has 3 aromatic carbocycles. The van der Waals surface area contributed by atoms with Crippen LogP contribution in [-0.2, 0) is 9.84 Å². The van der Waals surface area contributed by atoms with Crippen LogP contribution in [-0.4, -0.2) is 32.0 Å². The fourth-order valence-electron chi connectivity index (χ4n) is 3.24. The first kappa shape index (κ1) is 23.9. The molecule has 7 nitrogen and oxygen atoms in total. The molecule has 3 rings (SSSR count). The molecular formula is C25H24N2O5S. The van der Waals surface area contributed by atoms with E-state index in [4.69, 9.17) is 4.74 Å². The summed E-state index contributed by atoms with van der Waals surface area (Å²) >= 11 is 0. The van der Waals surface area contributed by atoms with Crippen LogP contribution in [0, 0.1) is 18.8 Å². The predicted molar refractivity (Wildman–Crippen MR) is 127 cm³/mol. The van der Waals surface area contributed by atoms with Crippen LogP contribution in [0.5, 0.6) is 5.75 Å². The summed E-state index contributed by atoms with van der Waals surface area (Å²) in [7, 11) is -3.72. The Hall–Kier alpha value is -3.80. The number of carbonyl (C=O) groups is 1. The minimum Gasteiger partial charge on any atom is -0.481 e.